The van der Waals surface area contributed by atoms with E-state index in [4.69, 9.17) is 4.74 Å². The van der Waals surface area contributed by atoms with E-state index in [1.54, 1.807) is 0 Å². The molecule has 0 aromatic heterocycles. The average molecular weight is 228 g/mol. The first kappa shape index (κ1) is 12.7. The smallest absolute Gasteiger partial charge is 0.334 e. The molecule has 0 aromatic carbocycles. The van der Waals surface area contributed by atoms with Crippen molar-refractivity contribution in [2.75, 3.05) is 27.4 Å². The number of carbonyl (C=O) groups is 2. The summed E-state index contributed by atoms with van der Waals surface area (Å²) in [5.41, 5.74) is 1.35. The van der Waals surface area contributed by atoms with Gasteiger partial charge in [0.1, 0.15) is 0 Å². The van der Waals surface area contributed by atoms with Gasteiger partial charge < -0.3 is 14.2 Å². The maximum atomic E-state index is 11.5. The molecule has 0 bridgehead atoms. The summed E-state index contributed by atoms with van der Waals surface area (Å²) in [7, 11) is 2.60. The van der Waals surface area contributed by atoms with E-state index in [2.05, 4.69) is 9.47 Å². The maximum absolute atomic E-state index is 11.5. The van der Waals surface area contributed by atoms with Gasteiger partial charge in [0.05, 0.1) is 33.9 Å². The van der Waals surface area contributed by atoms with Crippen LogP contribution in [0, 0.1) is 0 Å². The lowest BCUT2D eigenvalue weighted by atomic mass is 9.98. The fourth-order valence-electron chi connectivity index (χ4n) is 1.60. The first-order chi connectivity index (χ1) is 7.69. The molecule has 1 heterocycles. The number of hydrogen-bond acceptors (Lipinski definition) is 5. The molecule has 0 radical (unpaired) electrons. The second-order valence-corrected chi connectivity index (χ2v) is 3.44. The lowest BCUT2D eigenvalue weighted by Crippen LogP contribution is -2.17. The Balaban J connectivity index is 2.84. The highest BCUT2D eigenvalue weighted by Crippen LogP contribution is 2.21. The van der Waals surface area contributed by atoms with E-state index >= 15 is 0 Å². The first-order valence-electron chi connectivity index (χ1n) is 5.12. The van der Waals surface area contributed by atoms with Gasteiger partial charge in [0, 0.05) is 5.57 Å². The number of carbonyl (C=O) groups excluding carboxylic acids is 2. The first-order valence-corrected chi connectivity index (χ1v) is 5.12. The number of esters is 2. The Morgan fingerprint density at radius 2 is 1.81 bits per heavy atom. The lowest BCUT2D eigenvalue weighted by molar-refractivity contribution is -0.143. The zero-order valence-electron chi connectivity index (χ0n) is 9.58. The molecular weight excluding hydrogens is 212 g/mol. The Hall–Kier alpha value is -1.36. The van der Waals surface area contributed by atoms with Crippen molar-refractivity contribution >= 4 is 11.9 Å². The molecule has 1 aliphatic heterocycles. The summed E-state index contributed by atoms with van der Waals surface area (Å²) >= 11 is 0. The van der Waals surface area contributed by atoms with Gasteiger partial charge in [-0.3, -0.25) is 4.79 Å². The Bertz CT molecular complexity index is 297. The highest BCUT2D eigenvalue weighted by molar-refractivity contribution is 5.94. The molecule has 0 amide bonds. The van der Waals surface area contributed by atoms with Crippen molar-refractivity contribution in [1.82, 2.24) is 0 Å². The molecule has 16 heavy (non-hydrogen) atoms. The predicted octanol–water partition coefficient (Wildman–Crippen LogP) is 0.829. The Kier molecular flexibility index (Phi) is 4.98. The average Bonchev–Trinajstić information content (AvgIpc) is 2.35. The fraction of sp³-hybridized carbons (Fsp3) is 0.636. The van der Waals surface area contributed by atoms with Crippen LogP contribution in [0.1, 0.15) is 19.3 Å². The summed E-state index contributed by atoms with van der Waals surface area (Å²) in [6.45, 7) is 1.16. The second kappa shape index (κ2) is 6.27. The number of hydrogen-bond donors (Lipinski definition) is 0. The minimum Gasteiger partial charge on any atom is -0.469 e. The minimum atomic E-state index is -0.456. The number of ether oxygens (including phenoxy) is 3. The standard InChI is InChI=1S/C11H16O5/c1-14-10(12)7-9(11(13)15-2)8-3-5-16-6-4-8/h3-7H2,1-2H3. The summed E-state index contributed by atoms with van der Waals surface area (Å²) < 4.78 is 14.4. The summed E-state index contributed by atoms with van der Waals surface area (Å²) in [6.07, 6.45) is 1.31. The van der Waals surface area contributed by atoms with Crippen molar-refractivity contribution < 1.29 is 23.8 Å². The van der Waals surface area contributed by atoms with Crippen molar-refractivity contribution in [3.8, 4) is 0 Å². The summed E-state index contributed by atoms with van der Waals surface area (Å²) in [5.74, 6) is -0.887. The van der Waals surface area contributed by atoms with Gasteiger partial charge in [-0.15, -0.1) is 0 Å². The van der Waals surface area contributed by atoms with Crippen molar-refractivity contribution in [2.24, 2.45) is 0 Å². The molecule has 0 aliphatic carbocycles. The van der Waals surface area contributed by atoms with Crippen LogP contribution in [0.5, 0.6) is 0 Å². The topological polar surface area (TPSA) is 61.8 Å². The van der Waals surface area contributed by atoms with E-state index in [0.717, 1.165) is 5.57 Å². The van der Waals surface area contributed by atoms with Crippen LogP contribution in [-0.2, 0) is 23.8 Å². The van der Waals surface area contributed by atoms with E-state index in [9.17, 15) is 9.59 Å². The van der Waals surface area contributed by atoms with Crippen molar-refractivity contribution in [3.63, 3.8) is 0 Å². The van der Waals surface area contributed by atoms with Gasteiger partial charge in [-0.25, -0.2) is 4.79 Å². The van der Waals surface area contributed by atoms with E-state index < -0.39 is 11.9 Å². The van der Waals surface area contributed by atoms with Crippen LogP contribution in [0.3, 0.4) is 0 Å². The molecule has 0 aromatic rings. The van der Waals surface area contributed by atoms with E-state index in [1.165, 1.54) is 14.2 Å². The lowest BCUT2D eigenvalue weighted by Gasteiger charge is -2.18. The highest BCUT2D eigenvalue weighted by atomic mass is 16.5. The van der Waals surface area contributed by atoms with E-state index in [0.29, 0.717) is 31.6 Å². The molecule has 0 spiro atoms. The van der Waals surface area contributed by atoms with Gasteiger partial charge in [-0.2, -0.15) is 0 Å². The van der Waals surface area contributed by atoms with E-state index in [-0.39, 0.29) is 6.42 Å². The normalized spacial score (nSPS) is 15.5. The third kappa shape index (κ3) is 3.34. The molecule has 0 atom stereocenters. The van der Waals surface area contributed by atoms with Crippen LogP contribution in [0.25, 0.3) is 0 Å². The predicted molar refractivity (Wildman–Crippen MR) is 55.7 cm³/mol. The molecule has 1 saturated heterocycles. The van der Waals surface area contributed by atoms with Crippen molar-refractivity contribution in [2.45, 2.75) is 19.3 Å². The highest BCUT2D eigenvalue weighted by Gasteiger charge is 2.21. The molecule has 1 aliphatic rings. The van der Waals surface area contributed by atoms with Crippen LogP contribution < -0.4 is 0 Å². The number of rotatable bonds is 3. The zero-order chi connectivity index (χ0) is 12.0. The summed E-state index contributed by atoms with van der Waals surface area (Å²) in [6, 6.07) is 0. The van der Waals surface area contributed by atoms with Crippen LogP contribution in [0.15, 0.2) is 11.1 Å². The van der Waals surface area contributed by atoms with Crippen molar-refractivity contribution in [3.05, 3.63) is 11.1 Å². The molecule has 5 heteroatoms. The molecule has 0 saturated carbocycles. The zero-order valence-corrected chi connectivity index (χ0v) is 9.58. The molecule has 0 unspecified atom stereocenters. The monoisotopic (exact) mass is 228 g/mol. The molecule has 1 rings (SSSR count). The van der Waals surface area contributed by atoms with Crippen LogP contribution in [-0.4, -0.2) is 39.4 Å². The third-order valence-corrected chi connectivity index (χ3v) is 2.50. The van der Waals surface area contributed by atoms with Gasteiger partial charge in [0.15, 0.2) is 0 Å². The Labute approximate surface area is 94.4 Å². The van der Waals surface area contributed by atoms with Crippen molar-refractivity contribution in [1.29, 1.82) is 0 Å². The van der Waals surface area contributed by atoms with Gasteiger partial charge in [-0.1, -0.05) is 5.57 Å². The fourth-order valence-corrected chi connectivity index (χ4v) is 1.60. The van der Waals surface area contributed by atoms with Gasteiger partial charge in [-0.05, 0) is 12.8 Å². The second-order valence-electron chi connectivity index (χ2n) is 3.44. The Morgan fingerprint density at radius 3 is 2.31 bits per heavy atom. The molecular formula is C11H16O5. The van der Waals surface area contributed by atoms with Crippen LogP contribution in [0.2, 0.25) is 0 Å². The van der Waals surface area contributed by atoms with E-state index in [1.807, 2.05) is 0 Å². The van der Waals surface area contributed by atoms with Gasteiger partial charge in [0.2, 0.25) is 0 Å². The minimum absolute atomic E-state index is 0.0293. The largest absolute Gasteiger partial charge is 0.469 e. The molecule has 5 nitrogen and oxygen atoms in total. The summed E-state index contributed by atoms with van der Waals surface area (Å²) in [5, 5.41) is 0. The molecule has 90 valence electrons. The third-order valence-electron chi connectivity index (χ3n) is 2.50. The quantitative estimate of drug-likeness (QED) is 0.529. The SMILES string of the molecule is COC(=O)CC(C(=O)OC)=C1CCOCC1. The van der Waals surface area contributed by atoms with Crippen LogP contribution in [0.4, 0.5) is 0 Å². The summed E-state index contributed by atoms with van der Waals surface area (Å²) in [4.78, 5) is 22.7. The van der Waals surface area contributed by atoms with Gasteiger partial charge >= 0.3 is 11.9 Å². The number of methoxy groups -OCH3 is 2. The van der Waals surface area contributed by atoms with Gasteiger partial charge in [0.25, 0.3) is 0 Å². The van der Waals surface area contributed by atoms with Crippen LogP contribution >= 0.6 is 0 Å². The molecule has 0 N–H and O–H groups in total. The Morgan fingerprint density at radius 1 is 1.19 bits per heavy atom. The maximum Gasteiger partial charge on any atom is 0.334 e. The molecule has 1 fully saturated rings.